The Balaban J connectivity index is 1.61. The summed E-state index contributed by atoms with van der Waals surface area (Å²) in [5.41, 5.74) is 0. The van der Waals surface area contributed by atoms with E-state index in [2.05, 4.69) is 14.7 Å². The summed E-state index contributed by atoms with van der Waals surface area (Å²) in [6, 6.07) is 0.253. The van der Waals surface area contributed by atoms with Gasteiger partial charge in [0.2, 0.25) is 5.91 Å². The molecule has 7 nitrogen and oxygen atoms in total. The van der Waals surface area contributed by atoms with Crippen LogP contribution < -0.4 is 5.76 Å². The van der Waals surface area contributed by atoms with Gasteiger partial charge in [0, 0.05) is 26.5 Å². The number of hydrogen-bond acceptors (Lipinski definition) is 5. The topological polar surface area (TPSA) is 88.4 Å². The molecule has 1 atom stereocenters. The molecule has 2 rings (SSSR count). The Bertz CT molecular complexity index is 496. The lowest BCUT2D eigenvalue weighted by Gasteiger charge is -2.24. The molecule has 0 bridgehead atoms. The van der Waals surface area contributed by atoms with Gasteiger partial charge in [0.15, 0.2) is 5.82 Å². The summed E-state index contributed by atoms with van der Waals surface area (Å²) in [5.74, 6) is 0.286. The van der Waals surface area contributed by atoms with Crippen molar-refractivity contribution in [2.75, 3.05) is 20.3 Å². The third-order valence-electron chi connectivity index (χ3n) is 3.85. The summed E-state index contributed by atoms with van der Waals surface area (Å²) in [6.07, 6.45) is 6.04. The summed E-state index contributed by atoms with van der Waals surface area (Å²) < 4.78 is 9.59. The average molecular weight is 297 g/mol. The second-order valence-electron chi connectivity index (χ2n) is 5.44. The van der Waals surface area contributed by atoms with Crippen LogP contribution in [0.1, 0.15) is 44.3 Å². The molecular formula is C14H23N3O4. The predicted molar refractivity (Wildman–Crippen MR) is 75.9 cm³/mol. The Morgan fingerprint density at radius 1 is 1.48 bits per heavy atom. The van der Waals surface area contributed by atoms with Crippen molar-refractivity contribution in [3.8, 4) is 0 Å². The third-order valence-corrected chi connectivity index (χ3v) is 3.85. The number of hydrogen-bond donors (Lipinski definition) is 1. The highest BCUT2D eigenvalue weighted by molar-refractivity contribution is 5.76. The van der Waals surface area contributed by atoms with Gasteiger partial charge in [-0.1, -0.05) is 11.6 Å². The van der Waals surface area contributed by atoms with E-state index in [4.69, 9.17) is 4.74 Å². The summed E-state index contributed by atoms with van der Waals surface area (Å²) in [6.45, 7) is 1.48. The summed E-state index contributed by atoms with van der Waals surface area (Å²) in [7, 11) is 1.68. The zero-order chi connectivity index (χ0) is 15.1. The number of H-pyrrole nitrogens is 1. The Morgan fingerprint density at radius 2 is 2.33 bits per heavy atom. The van der Waals surface area contributed by atoms with E-state index in [1.165, 1.54) is 0 Å². The minimum Gasteiger partial charge on any atom is -0.383 e. The summed E-state index contributed by atoms with van der Waals surface area (Å²) >= 11 is 0. The molecule has 0 unspecified atom stereocenters. The van der Waals surface area contributed by atoms with Crippen molar-refractivity contribution < 1.29 is 14.1 Å². The molecular weight excluding hydrogens is 274 g/mol. The van der Waals surface area contributed by atoms with Crippen molar-refractivity contribution in [2.45, 2.75) is 51.0 Å². The van der Waals surface area contributed by atoms with Gasteiger partial charge in [-0.3, -0.25) is 14.3 Å². The molecule has 1 fully saturated rings. The van der Waals surface area contributed by atoms with Crippen LogP contribution >= 0.6 is 0 Å². The van der Waals surface area contributed by atoms with Crippen LogP contribution in [0.5, 0.6) is 0 Å². The number of nitrogens with zero attached hydrogens (tertiary/aromatic N) is 2. The van der Waals surface area contributed by atoms with Crippen LogP contribution in [0.3, 0.4) is 0 Å². The van der Waals surface area contributed by atoms with Crippen molar-refractivity contribution >= 4 is 5.91 Å². The number of aromatic nitrogens is 2. The number of unbranched alkanes of at least 4 members (excludes halogenated alkanes) is 2. The number of aromatic amines is 1. The lowest BCUT2D eigenvalue weighted by atomic mass is 10.1. The van der Waals surface area contributed by atoms with E-state index in [-0.39, 0.29) is 11.9 Å². The second-order valence-corrected chi connectivity index (χ2v) is 5.44. The molecule has 0 spiro atoms. The zero-order valence-electron chi connectivity index (χ0n) is 12.5. The van der Waals surface area contributed by atoms with E-state index in [0.717, 1.165) is 38.6 Å². The molecule has 1 aliphatic heterocycles. The van der Waals surface area contributed by atoms with Crippen LogP contribution in [0.15, 0.2) is 9.32 Å². The van der Waals surface area contributed by atoms with Crippen molar-refractivity contribution in [1.82, 2.24) is 15.0 Å². The van der Waals surface area contributed by atoms with Gasteiger partial charge < -0.3 is 9.64 Å². The molecule has 1 aliphatic rings. The molecule has 118 valence electrons. The number of carbonyl (C=O) groups is 1. The van der Waals surface area contributed by atoms with Crippen LogP contribution in [0.2, 0.25) is 0 Å². The van der Waals surface area contributed by atoms with Gasteiger partial charge in [0.1, 0.15) is 0 Å². The number of rotatable bonds is 8. The van der Waals surface area contributed by atoms with Crippen molar-refractivity contribution in [3.63, 3.8) is 0 Å². The fraction of sp³-hybridized carbons (Fsp3) is 0.786. The molecule has 7 heteroatoms. The van der Waals surface area contributed by atoms with E-state index in [1.807, 2.05) is 4.90 Å². The second kappa shape index (κ2) is 7.97. The number of aryl methyl sites for hydroxylation is 1. The fourth-order valence-electron chi connectivity index (χ4n) is 2.79. The van der Waals surface area contributed by atoms with Crippen LogP contribution in [0, 0.1) is 0 Å². The largest absolute Gasteiger partial charge is 0.438 e. The number of nitrogens with one attached hydrogen (secondary N) is 1. The highest BCUT2D eigenvalue weighted by Gasteiger charge is 2.27. The monoisotopic (exact) mass is 297 g/mol. The summed E-state index contributed by atoms with van der Waals surface area (Å²) in [4.78, 5) is 27.4. The Kier molecular flexibility index (Phi) is 5.98. The number of carbonyl (C=O) groups excluding carboxylic acids is 1. The SMILES string of the molecule is COC[C@H]1CCCN1C(=O)CCCCCc1noc(=O)[nH]1. The van der Waals surface area contributed by atoms with Crippen molar-refractivity contribution in [2.24, 2.45) is 0 Å². The van der Waals surface area contributed by atoms with Gasteiger partial charge in [-0.05, 0) is 25.7 Å². The average Bonchev–Trinajstić information content (AvgIpc) is 3.08. The van der Waals surface area contributed by atoms with Crippen LogP contribution in [-0.4, -0.2) is 47.3 Å². The van der Waals surface area contributed by atoms with E-state index in [0.29, 0.717) is 25.3 Å². The molecule has 1 aromatic heterocycles. The maximum Gasteiger partial charge on any atom is 0.438 e. The predicted octanol–water partition coefficient (Wildman–Crippen LogP) is 1.10. The number of likely N-dealkylation sites (tertiary alicyclic amines) is 1. The zero-order valence-corrected chi connectivity index (χ0v) is 12.5. The fourth-order valence-corrected chi connectivity index (χ4v) is 2.79. The van der Waals surface area contributed by atoms with Gasteiger partial charge in [-0.25, -0.2) is 4.79 Å². The maximum absolute atomic E-state index is 12.2. The molecule has 1 N–H and O–H groups in total. The van der Waals surface area contributed by atoms with E-state index in [1.54, 1.807) is 7.11 Å². The highest BCUT2D eigenvalue weighted by atomic mass is 16.5. The minimum atomic E-state index is -0.515. The minimum absolute atomic E-state index is 0.226. The van der Waals surface area contributed by atoms with Crippen LogP contribution in [-0.2, 0) is 16.0 Å². The molecule has 0 aromatic carbocycles. The quantitative estimate of drug-likeness (QED) is 0.726. The first-order valence-electron chi connectivity index (χ1n) is 7.54. The molecule has 1 amide bonds. The van der Waals surface area contributed by atoms with E-state index >= 15 is 0 Å². The Morgan fingerprint density at radius 3 is 3.05 bits per heavy atom. The Labute approximate surface area is 123 Å². The molecule has 1 saturated heterocycles. The maximum atomic E-state index is 12.2. The van der Waals surface area contributed by atoms with Crippen LogP contribution in [0.4, 0.5) is 0 Å². The summed E-state index contributed by atoms with van der Waals surface area (Å²) in [5, 5.41) is 3.61. The standard InChI is InChI=1S/C14H23N3O4/c1-20-10-11-6-5-9-17(11)13(18)8-4-2-3-7-12-15-14(19)21-16-12/h11H,2-10H2,1H3,(H,15,16,19)/t11-/m1/s1. The number of methoxy groups -OCH3 is 1. The molecule has 0 radical (unpaired) electrons. The van der Waals surface area contributed by atoms with Gasteiger partial charge >= 0.3 is 5.76 Å². The number of amides is 1. The highest BCUT2D eigenvalue weighted by Crippen LogP contribution is 2.19. The molecule has 2 heterocycles. The first kappa shape index (κ1) is 15.8. The molecule has 21 heavy (non-hydrogen) atoms. The van der Waals surface area contributed by atoms with E-state index in [9.17, 15) is 9.59 Å². The Hall–Kier alpha value is -1.63. The number of ether oxygens (including phenoxy) is 1. The van der Waals surface area contributed by atoms with Crippen molar-refractivity contribution in [3.05, 3.63) is 16.4 Å². The lowest BCUT2D eigenvalue weighted by molar-refractivity contribution is -0.133. The van der Waals surface area contributed by atoms with E-state index < -0.39 is 5.76 Å². The third kappa shape index (κ3) is 4.70. The van der Waals surface area contributed by atoms with Crippen molar-refractivity contribution in [1.29, 1.82) is 0 Å². The first-order chi connectivity index (χ1) is 10.2. The molecule has 1 aromatic rings. The lowest BCUT2D eigenvalue weighted by Crippen LogP contribution is -2.37. The van der Waals surface area contributed by atoms with Gasteiger partial charge in [-0.15, -0.1) is 0 Å². The van der Waals surface area contributed by atoms with Crippen LogP contribution in [0.25, 0.3) is 0 Å². The molecule has 0 aliphatic carbocycles. The molecule has 0 saturated carbocycles. The van der Waals surface area contributed by atoms with Gasteiger partial charge in [0.25, 0.3) is 0 Å². The van der Waals surface area contributed by atoms with Gasteiger partial charge in [-0.2, -0.15) is 0 Å². The smallest absolute Gasteiger partial charge is 0.383 e. The normalized spacial score (nSPS) is 18.3. The first-order valence-corrected chi connectivity index (χ1v) is 7.54. The van der Waals surface area contributed by atoms with Gasteiger partial charge in [0.05, 0.1) is 12.6 Å².